The van der Waals surface area contributed by atoms with Gasteiger partial charge in [0.15, 0.2) is 5.78 Å². The lowest BCUT2D eigenvalue weighted by atomic mass is 10.1. The van der Waals surface area contributed by atoms with Crippen molar-refractivity contribution < 1.29 is 14.3 Å². The maximum absolute atomic E-state index is 11.6. The minimum atomic E-state index is -0.468. The van der Waals surface area contributed by atoms with E-state index < -0.39 is 5.97 Å². The zero-order valence-electron chi connectivity index (χ0n) is 10.5. The van der Waals surface area contributed by atoms with Gasteiger partial charge in [-0.3, -0.25) is 4.79 Å². The van der Waals surface area contributed by atoms with Crippen LogP contribution in [0, 0.1) is 0 Å². The van der Waals surface area contributed by atoms with Crippen LogP contribution < -0.4 is 0 Å². The second-order valence-electron chi connectivity index (χ2n) is 3.67. The highest BCUT2D eigenvalue weighted by Gasteiger charge is 2.17. The summed E-state index contributed by atoms with van der Waals surface area (Å²) < 4.78 is 4.98. The third kappa shape index (κ3) is 5.69. The van der Waals surface area contributed by atoms with Crippen LogP contribution >= 0.6 is 0 Å². The molecule has 0 aromatic heterocycles. The first-order chi connectivity index (χ1) is 7.67. The number of carbonyl (C=O) groups excluding carboxylic acids is 2. The van der Waals surface area contributed by atoms with Crippen molar-refractivity contribution in [1.29, 1.82) is 0 Å². The molecule has 92 valence electrons. The highest BCUT2D eigenvalue weighted by atomic mass is 16.5. The van der Waals surface area contributed by atoms with Crippen LogP contribution in [0.4, 0.5) is 0 Å². The lowest BCUT2D eigenvalue weighted by Crippen LogP contribution is -2.15. The summed E-state index contributed by atoms with van der Waals surface area (Å²) in [5.41, 5.74) is 0.226. The molecule has 0 bridgehead atoms. The number of rotatable bonds is 8. The van der Waals surface area contributed by atoms with E-state index in [0.717, 1.165) is 25.7 Å². The molecule has 0 N–H and O–H groups in total. The predicted octanol–water partition coefficient (Wildman–Crippen LogP) is 3.04. The number of ether oxygens (including phenoxy) is 1. The number of hydrogen-bond donors (Lipinski definition) is 0. The van der Waals surface area contributed by atoms with Gasteiger partial charge in [0.05, 0.1) is 12.2 Å². The van der Waals surface area contributed by atoms with Crippen LogP contribution in [0.25, 0.3) is 0 Å². The summed E-state index contributed by atoms with van der Waals surface area (Å²) in [6.45, 7) is 6.13. The maximum atomic E-state index is 11.6. The largest absolute Gasteiger partial charge is 0.462 e. The molecule has 0 saturated heterocycles. The molecule has 0 aliphatic heterocycles. The molecule has 0 spiro atoms. The molecular formula is C13H22O3. The molecule has 0 aliphatic carbocycles. The van der Waals surface area contributed by atoms with Gasteiger partial charge in [0.25, 0.3) is 0 Å². The Balaban J connectivity index is 4.46. The Morgan fingerprint density at radius 1 is 1.12 bits per heavy atom. The molecule has 0 amide bonds. The van der Waals surface area contributed by atoms with Crippen LogP contribution in [0.15, 0.2) is 11.6 Å². The highest BCUT2D eigenvalue weighted by molar-refractivity contribution is 6.17. The van der Waals surface area contributed by atoms with E-state index in [0.29, 0.717) is 13.0 Å². The van der Waals surface area contributed by atoms with Crippen molar-refractivity contribution in [3.8, 4) is 0 Å². The van der Waals surface area contributed by atoms with E-state index in [9.17, 15) is 9.59 Å². The van der Waals surface area contributed by atoms with Crippen LogP contribution in [0.3, 0.4) is 0 Å². The van der Waals surface area contributed by atoms with Gasteiger partial charge in [0.1, 0.15) is 0 Å². The molecular weight excluding hydrogens is 204 g/mol. The molecule has 0 saturated carbocycles. The van der Waals surface area contributed by atoms with Crippen molar-refractivity contribution in [2.24, 2.45) is 0 Å². The third-order valence-electron chi connectivity index (χ3n) is 2.18. The Morgan fingerprint density at radius 3 is 2.31 bits per heavy atom. The number of ketones is 1. The van der Waals surface area contributed by atoms with E-state index >= 15 is 0 Å². The van der Waals surface area contributed by atoms with E-state index in [1.807, 2.05) is 6.92 Å². The van der Waals surface area contributed by atoms with E-state index in [-0.39, 0.29) is 11.4 Å². The van der Waals surface area contributed by atoms with Crippen LogP contribution in [-0.4, -0.2) is 18.4 Å². The highest BCUT2D eigenvalue weighted by Crippen LogP contribution is 2.07. The van der Waals surface area contributed by atoms with Crippen molar-refractivity contribution in [1.82, 2.24) is 0 Å². The molecule has 0 unspecified atom stereocenters. The van der Waals surface area contributed by atoms with E-state index in [2.05, 4.69) is 6.92 Å². The van der Waals surface area contributed by atoms with Gasteiger partial charge in [0, 0.05) is 6.42 Å². The Kier molecular flexibility index (Phi) is 8.49. The van der Waals surface area contributed by atoms with Gasteiger partial charge in [-0.15, -0.1) is 0 Å². The summed E-state index contributed by atoms with van der Waals surface area (Å²) in [7, 11) is 0. The van der Waals surface area contributed by atoms with Crippen LogP contribution in [-0.2, 0) is 14.3 Å². The topological polar surface area (TPSA) is 43.4 Å². The molecule has 16 heavy (non-hydrogen) atoms. The molecule has 0 atom stereocenters. The number of esters is 1. The monoisotopic (exact) mass is 226 g/mol. The molecule has 0 rings (SSSR count). The zero-order valence-corrected chi connectivity index (χ0v) is 10.5. The molecule has 0 aromatic carbocycles. The van der Waals surface area contributed by atoms with Gasteiger partial charge in [0.2, 0.25) is 0 Å². The van der Waals surface area contributed by atoms with Gasteiger partial charge in [-0.2, -0.15) is 0 Å². The third-order valence-corrected chi connectivity index (χ3v) is 2.18. The normalized spacial score (nSPS) is 11.3. The van der Waals surface area contributed by atoms with Crippen LogP contribution in [0.5, 0.6) is 0 Å². The summed E-state index contributed by atoms with van der Waals surface area (Å²) in [6, 6.07) is 0. The predicted molar refractivity (Wildman–Crippen MR) is 64.2 cm³/mol. The summed E-state index contributed by atoms with van der Waals surface area (Å²) in [4.78, 5) is 23.1. The van der Waals surface area contributed by atoms with Crippen molar-refractivity contribution in [2.75, 3.05) is 6.61 Å². The van der Waals surface area contributed by atoms with Crippen LogP contribution in [0.2, 0.25) is 0 Å². The minimum Gasteiger partial charge on any atom is -0.462 e. The maximum Gasteiger partial charge on any atom is 0.341 e. The molecule has 3 heteroatoms. The van der Waals surface area contributed by atoms with Crippen molar-refractivity contribution in [3.63, 3.8) is 0 Å². The second-order valence-corrected chi connectivity index (χ2v) is 3.67. The van der Waals surface area contributed by atoms with Gasteiger partial charge < -0.3 is 4.74 Å². The van der Waals surface area contributed by atoms with Crippen LogP contribution in [0.1, 0.15) is 52.9 Å². The summed E-state index contributed by atoms with van der Waals surface area (Å²) in [6.07, 6.45) is 5.63. The molecule has 3 nitrogen and oxygen atoms in total. The SMILES string of the molecule is CCCCC=C(C(=O)CC)C(=O)OCCC. The van der Waals surface area contributed by atoms with E-state index in [4.69, 9.17) is 4.74 Å². The Bertz CT molecular complexity index is 254. The molecule has 0 radical (unpaired) electrons. The first kappa shape index (κ1) is 14.9. The number of allylic oxidation sites excluding steroid dienone is 1. The van der Waals surface area contributed by atoms with Gasteiger partial charge >= 0.3 is 5.97 Å². The standard InChI is InChI=1S/C13H22O3/c1-4-7-8-9-11(12(14)6-3)13(15)16-10-5-2/h9H,4-8,10H2,1-3H3. The molecule has 0 aromatic rings. The summed E-state index contributed by atoms with van der Waals surface area (Å²) in [5, 5.41) is 0. The lowest BCUT2D eigenvalue weighted by Gasteiger charge is -2.05. The Labute approximate surface area is 97.9 Å². The zero-order chi connectivity index (χ0) is 12.4. The summed E-state index contributed by atoms with van der Waals surface area (Å²) >= 11 is 0. The fraction of sp³-hybridized carbons (Fsp3) is 0.692. The van der Waals surface area contributed by atoms with E-state index in [1.54, 1.807) is 13.0 Å². The Morgan fingerprint density at radius 2 is 1.81 bits per heavy atom. The van der Waals surface area contributed by atoms with E-state index in [1.165, 1.54) is 0 Å². The van der Waals surface area contributed by atoms with Crippen molar-refractivity contribution >= 4 is 11.8 Å². The summed E-state index contributed by atoms with van der Waals surface area (Å²) in [5.74, 6) is -0.595. The first-order valence-electron chi connectivity index (χ1n) is 6.07. The fourth-order valence-corrected chi connectivity index (χ4v) is 1.22. The fourth-order valence-electron chi connectivity index (χ4n) is 1.22. The quantitative estimate of drug-likeness (QED) is 0.210. The number of carbonyl (C=O) groups is 2. The average molecular weight is 226 g/mol. The minimum absolute atomic E-state index is 0.128. The average Bonchev–Trinajstić information content (AvgIpc) is 2.30. The van der Waals surface area contributed by atoms with Gasteiger partial charge in [-0.25, -0.2) is 4.79 Å². The smallest absolute Gasteiger partial charge is 0.341 e. The molecule has 0 heterocycles. The van der Waals surface area contributed by atoms with Gasteiger partial charge in [-0.05, 0) is 12.8 Å². The molecule has 0 aliphatic rings. The number of hydrogen-bond acceptors (Lipinski definition) is 3. The first-order valence-corrected chi connectivity index (χ1v) is 6.07. The number of Topliss-reactive ketones (excluding diaryl/α,β-unsaturated/α-hetero) is 1. The second kappa shape index (κ2) is 9.13. The number of unbranched alkanes of at least 4 members (excludes halogenated alkanes) is 2. The Hall–Kier alpha value is -1.12. The lowest BCUT2D eigenvalue weighted by molar-refractivity contribution is -0.140. The van der Waals surface area contributed by atoms with Crippen molar-refractivity contribution in [2.45, 2.75) is 52.9 Å². The van der Waals surface area contributed by atoms with Gasteiger partial charge in [-0.1, -0.05) is 39.7 Å². The van der Waals surface area contributed by atoms with Crippen molar-refractivity contribution in [3.05, 3.63) is 11.6 Å². The molecule has 0 fully saturated rings.